The molecule has 119 valence electrons. The monoisotopic (exact) mass is 289 g/mol. The summed E-state index contributed by atoms with van der Waals surface area (Å²) >= 11 is 0. The van der Waals surface area contributed by atoms with Gasteiger partial charge in [0, 0.05) is 0 Å². The molecule has 0 amide bonds. The highest BCUT2D eigenvalue weighted by molar-refractivity contribution is 5.09. The molecule has 1 nitrogen and oxygen atoms in total. The van der Waals surface area contributed by atoms with Gasteiger partial charge in [-0.1, -0.05) is 41.0 Å². The molecule has 0 rings (SSSR count). The first-order valence-electron chi connectivity index (χ1n) is 8.02. The first-order valence-corrected chi connectivity index (χ1v) is 8.02. The molecule has 0 aromatic rings. The molecule has 0 unspecified atom stereocenters. The average Bonchev–Trinajstić information content (AvgIpc) is 2.44. The predicted octanol–water partition coefficient (Wildman–Crippen LogP) is 5.94. The summed E-state index contributed by atoms with van der Waals surface area (Å²) in [4.78, 5) is 0. The Morgan fingerprint density at radius 3 is 1.95 bits per heavy atom. The summed E-state index contributed by atoms with van der Waals surface area (Å²) in [6.45, 7) is 12.5. The number of aliphatic hydroxyl groups excluding tert-OH is 1. The van der Waals surface area contributed by atoms with Crippen LogP contribution in [0.15, 0.2) is 46.6 Å². The zero-order valence-corrected chi connectivity index (χ0v) is 14.4. The smallest absolute Gasteiger partial charge is 0.0641 e. The normalized spacial score (nSPS) is 13.5. The average molecular weight is 289 g/mol. The van der Waals surface area contributed by atoms with Crippen molar-refractivity contribution in [1.82, 2.24) is 0 Å². The van der Waals surface area contributed by atoms with Crippen LogP contribution in [0.25, 0.3) is 0 Å². The molecule has 1 heteroatoms. The molecule has 1 N–H and O–H groups in total. The standard InChI is InChI=1S/C20H33O/c1-6-18(4)11-8-14-20(16-21)15-9-13-19(5)12-7-10-17(2)3/h6,10,13-14,21H,1,7-9,11-12,15-16H2,2-5H3. The van der Waals surface area contributed by atoms with Crippen molar-refractivity contribution in [3.05, 3.63) is 53.5 Å². The third-order valence-electron chi connectivity index (χ3n) is 3.57. The molecule has 0 aliphatic heterocycles. The minimum atomic E-state index is 0.178. The van der Waals surface area contributed by atoms with Gasteiger partial charge in [-0.25, -0.2) is 0 Å². The molecule has 0 aromatic heterocycles. The van der Waals surface area contributed by atoms with Crippen molar-refractivity contribution in [2.75, 3.05) is 6.61 Å². The lowest BCUT2D eigenvalue weighted by Gasteiger charge is -2.04. The van der Waals surface area contributed by atoms with Gasteiger partial charge in [-0.05, 0) is 78.7 Å². The van der Waals surface area contributed by atoms with Gasteiger partial charge in [-0.3, -0.25) is 0 Å². The Bertz CT molecular complexity index is 390. The molecule has 0 saturated heterocycles. The van der Waals surface area contributed by atoms with E-state index >= 15 is 0 Å². The minimum Gasteiger partial charge on any atom is -0.392 e. The second-order valence-electron chi connectivity index (χ2n) is 6.02. The van der Waals surface area contributed by atoms with Crippen LogP contribution in [-0.4, -0.2) is 11.7 Å². The summed E-state index contributed by atoms with van der Waals surface area (Å²) in [6.07, 6.45) is 15.0. The Morgan fingerprint density at radius 1 is 0.810 bits per heavy atom. The molecule has 0 aliphatic carbocycles. The van der Waals surface area contributed by atoms with Gasteiger partial charge < -0.3 is 5.11 Å². The predicted molar refractivity (Wildman–Crippen MR) is 95.2 cm³/mol. The van der Waals surface area contributed by atoms with Gasteiger partial charge in [-0.2, -0.15) is 0 Å². The molecule has 0 aliphatic rings. The Hall–Kier alpha value is -1.08. The zero-order chi connectivity index (χ0) is 16.1. The maximum Gasteiger partial charge on any atom is 0.0641 e. The SMILES string of the molecule is [CH2]C=C(C)CCC=C(CO)CCC=C(C)CCC=C(C)C. The molecule has 0 heterocycles. The minimum absolute atomic E-state index is 0.178. The maximum absolute atomic E-state index is 9.39. The molecule has 0 saturated carbocycles. The lowest BCUT2D eigenvalue weighted by Crippen LogP contribution is -1.91. The van der Waals surface area contributed by atoms with Gasteiger partial charge in [0.05, 0.1) is 6.61 Å². The first kappa shape index (κ1) is 19.9. The van der Waals surface area contributed by atoms with Crippen LogP contribution in [0.2, 0.25) is 0 Å². The van der Waals surface area contributed by atoms with Crippen molar-refractivity contribution < 1.29 is 5.11 Å². The summed E-state index contributed by atoms with van der Waals surface area (Å²) < 4.78 is 0. The topological polar surface area (TPSA) is 20.2 Å². The third kappa shape index (κ3) is 12.4. The second kappa shape index (κ2) is 12.6. The van der Waals surface area contributed by atoms with Crippen LogP contribution in [-0.2, 0) is 0 Å². The molecule has 0 atom stereocenters. The van der Waals surface area contributed by atoms with E-state index in [1.54, 1.807) is 0 Å². The van der Waals surface area contributed by atoms with Crippen molar-refractivity contribution in [3.63, 3.8) is 0 Å². The maximum atomic E-state index is 9.39. The summed E-state index contributed by atoms with van der Waals surface area (Å²) in [7, 11) is 0. The van der Waals surface area contributed by atoms with Crippen molar-refractivity contribution in [1.29, 1.82) is 0 Å². The summed E-state index contributed by atoms with van der Waals surface area (Å²) in [5.41, 5.74) is 5.29. The zero-order valence-electron chi connectivity index (χ0n) is 14.4. The summed E-state index contributed by atoms with van der Waals surface area (Å²) in [6, 6.07) is 0. The highest BCUT2D eigenvalue weighted by Gasteiger charge is 1.96. The van der Waals surface area contributed by atoms with E-state index in [2.05, 4.69) is 52.8 Å². The van der Waals surface area contributed by atoms with Crippen molar-refractivity contribution in [3.8, 4) is 0 Å². The van der Waals surface area contributed by atoms with Crippen molar-refractivity contribution >= 4 is 0 Å². The van der Waals surface area contributed by atoms with E-state index < -0.39 is 0 Å². The van der Waals surface area contributed by atoms with Gasteiger partial charge in [0.15, 0.2) is 0 Å². The number of hydrogen-bond donors (Lipinski definition) is 1. The fraction of sp³-hybridized carbons (Fsp3) is 0.550. The molecule has 21 heavy (non-hydrogen) atoms. The van der Waals surface area contributed by atoms with Gasteiger partial charge in [0.25, 0.3) is 0 Å². The van der Waals surface area contributed by atoms with Crippen LogP contribution in [0.5, 0.6) is 0 Å². The van der Waals surface area contributed by atoms with Crippen LogP contribution in [0.1, 0.15) is 66.2 Å². The summed E-state index contributed by atoms with van der Waals surface area (Å²) in [5, 5.41) is 9.39. The Labute approximate surface area is 132 Å². The van der Waals surface area contributed by atoms with Crippen molar-refractivity contribution in [2.24, 2.45) is 0 Å². The molecule has 0 aromatic carbocycles. The molecular formula is C20H33O. The van der Waals surface area contributed by atoms with E-state index in [1.165, 1.54) is 16.7 Å². The first-order chi connectivity index (χ1) is 9.99. The van der Waals surface area contributed by atoms with Crippen LogP contribution in [0.3, 0.4) is 0 Å². The Balaban J connectivity index is 4.09. The van der Waals surface area contributed by atoms with E-state index in [1.807, 2.05) is 6.08 Å². The van der Waals surface area contributed by atoms with Gasteiger partial charge in [-0.15, -0.1) is 0 Å². The highest BCUT2D eigenvalue weighted by atomic mass is 16.3. The van der Waals surface area contributed by atoms with E-state index in [4.69, 9.17) is 0 Å². The lowest BCUT2D eigenvalue weighted by atomic mass is 10.0. The van der Waals surface area contributed by atoms with Gasteiger partial charge >= 0.3 is 0 Å². The van der Waals surface area contributed by atoms with E-state index in [9.17, 15) is 5.11 Å². The largest absolute Gasteiger partial charge is 0.392 e. The molecule has 0 bridgehead atoms. The number of aliphatic hydroxyl groups is 1. The fourth-order valence-electron chi connectivity index (χ4n) is 2.05. The van der Waals surface area contributed by atoms with Crippen molar-refractivity contribution in [2.45, 2.75) is 66.2 Å². The Morgan fingerprint density at radius 2 is 1.38 bits per heavy atom. The number of hydrogen-bond acceptors (Lipinski definition) is 1. The molecule has 1 radical (unpaired) electrons. The van der Waals surface area contributed by atoms with Gasteiger partial charge in [0.1, 0.15) is 0 Å². The number of rotatable bonds is 10. The highest BCUT2D eigenvalue weighted by Crippen LogP contribution is 2.13. The molecular weight excluding hydrogens is 256 g/mol. The Kier molecular flexibility index (Phi) is 12.0. The van der Waals surface area contributed by atoms with Crippen LogP contribution >= 0.6 is 0 Å². The van der Waals surface area contributed by atoms with Gasteiger partial charge in [0.2, 0.25) is 0 Å². The van der Waals surface area contributed by atoms with E-state index in [0.29, 0.717) is 0 Å². The lowest BCUT2D eigenvalue weighted by molar-refractivity contribution is 0.326. The number of allylic oxidation sites excluding steroid dienone is 7. The fourth-order valence-corrected chi connectivity index (χ4v) is 2.05. The summed E-state index contributed by atoms with van der Waals surface area (Å²) in [5.74, 6) is 0. The van der Waals surface area contributed by atoms with E-state index in [0.717, 1.165) is 44.1 Å². The van der Waals surface area contributed by atoms with E-state index in [-0.39, 0.29) is 6.61 Å². The molecule has 0 fully saturated rings. The third-order valence-corrected chi connectivity index (χ3v) is 3.57. The van der Waals surface area contributed by atoms with Crippen LogP contribution in [0.4, 0.5) is 0 Å². The molecule has 0 spiro atoms. The van der Waals surface area contributed by atoms with Crippen LogP contribution in [0, 0.1) is 6.92 Å². The van der Waals surface area contributed by atoms with Crippen LogP contribution < -0.4 is 0 Å². The quantitative estimate of drug-likeness (QED) is 0.493. The second-order valence-corrected chi connectivity index (χ2v) is 6.02.